The van der Waals surface area contributed by atoms with E-state index >= 15 is 0 Å². The molecule has 1 aromatic rings. The van der Waals surface area contributed by atoms with Crippen LogP contribution in [0.15, 0.2) is 18.5 Å². The van der Waals surface area contributed by atoms with E-state index < -0.39 is 0 Å². The van der Waals surface area contributed by atoms with E-state index in [1.54, 1.807) is 6.20 Å². The van der Waals surface area contributed by atoms with Gasteiger partial charge in [-0.15, -0.1) is 0 Å². The van der Waals surface area contributed by atoms with Gasteiger partial charge in [-0.2, -0.15) is 0 Å². The average Bonchev–Trinajstić information content (AvgIpc) is 2.77. The van der Waals surface area contributed by atoms with Crippen LogP contribution in [0, 0.1) is 5.92 Å². The standard InChI is InChI=1S/C14H21ClN2/c1-2-7-17-14-5-3-4-12(14)9-11-6-8-16-10-13(11)15/h6,8,10,12,14,17H,2-5,7,9H2,1H3. The maximum absolute atomic E-state index is 6.17. The topological polar surface area (TPSA) is 24.9 Å². The molecule has 94 valence electrons. The van der Waals surface area contributed by atoms with Crippen molar-refractivity contribution in [1.82, 2.24) is 10.3 Å². The highest BCUT2D eigenvalue weighted by Crippen LogP contribution is 2.30. The molecule has 1 aliphatic carbocycles. The number of hydrogen-bond acceptors (Lipinski definition) is 2. The van der Waals surface area contributed by atoms with Gasteiger partial charge in [0, 0.05) is 18.4 Å². The largest absolute Gasteiger partial charge is 0.314 e. The number of rotatable bonds is 5. The van der Waals surface area contributed by atoms with Crippen LogP contribution in [0.3, 0.4) is 0 Å². The lowest BCUT2D eigenvalue weighted by molar-refractivity contribution is 0.399. The molecule has 0 bridgehead atoms. The Labute approximate surface area is 109 Å². The van der Waals surface area contributed by atoms with Gasteiger partial charge in [0.05, 0.1) is 5.02 Å². The minimum atomic E-state index is 0.680. The second kappa shape index (κ2) is 6.36. The third kappa shape index (κ3) is 3.43. The van der Waals surface area contributed by atoms with Crippen molar-refractivity contribution in [3.05, 3.63) is 29.0 Å². The van der Waals surface area contributed by atoms with Gasteiger partial charge in [0.2, 0.25) is 0 Å². The van der Waals surface area contributed by atoms with Crippen molar-refractivity contribution in [3.63, 3.8) is 0 Å². The van der Waals surface area contributed by atoms with Crippen LogP contribution in [0.2, 0.25) is 5.02 Å². The lowest BCUT2D eigenvalue weighted by Gasteiger charge is -2.21. The first kappa shape index (κ1) is 12.8. The van der Waals surface area contributed by atoms with Crippen LogP contribution in [0.1, 0.15) is 38.2 Å². The van der Waals surface area contributed by atoms with E-state index in [0.29, 0.717) is 6.04 Å². The van der Waals surface area contributed by atoms with Crippen LogP contribution < -0.4 is 5.32 Å². The molecule has 1 N–H and O–H groups in total. The molecule has 1 aromatic heterocycles. The summed E-state index contributed by atoms with van der Waals surface area (Å²) in [7, 11) is 0. The molecule has 1 heterocycles. The average molecular weight is 253 g/mol. The van der Waals surface area contributed by atoms with Crippen LogP contribution in [0.25, 0.3) is 0 Å². The number of aromatic nitrogens is 1. The Balaban J connectivity index is 1.95. The Hall–Kier alpha value is -0.600. The summed E-state index contributed by atoms with van der Waals surface area (Å²) >= 11 is 6.17. The normalized spacial score (nSPS) is 24.1. The minimum absolute atomic E-state index is 0.680. The molecule has 3 heteroatoms. The van der Waals surface area contributed by atoms with E-state index in [9.17, 15) is 0 Å². The molecule has 2 atom stereocenters. The van der Waals surface area contributed by atoms with E-state index in [1.807, 2.05) is 6.20 Å². The summed E-state index contributed by atoms with van der Waals surface area (Å²) in [6.07, 6.45) is 9.86. The first-order chi connectivity index (χ1) is 8.31. The van der Waals surface area contributed by atoms with Crippen LogP contribution in [0.4, 0.5) is 0 Å². The molecule has 1 saturated carbocycles. The molecule has 1 fully saturated rings. The van der Waals surface area contributed by atoms with E-state index in [0.717, 1.165) is 23.9 Å². The van der Waals surface area contributed by atoms with Gasteiger partial charge in [0.1, 0.15) is 0 Å². The zero-order valence-electron chi connectivity index (χ0n) is 10.5. The van der Waals surface area contributed by atoms with Crippen molar-refractivity contribution in [2.75, 3.05) is 6.54 Å². The molecule has 0 aromatic carbocycles. The summed E-state index contributed by atoms with van der Waals surface area (Å²) in [5.74, 6) is 0.737. The fraction of sp³-hybridized carbons (Fsp3) is 0.643. The zero-order valence-corrected chi connectivity index (χ0v) is 11.2. The van der Waals surface area contributed by atoms with E-state index in [-0.39, 0.29) is 0 Å². The van der Waals surface area contributed by atoms with E-state index in [4.69, 9.17) is 11.6 Å². The van der Waals surface area contributed by atoms with Gasteiger partial charge in [-0.1, -0.05) is 24.9 Å². The fourth-order valence-corrected chi connectivity index (χ4v) is 2.93. The number of halogens is 1. The van der Waals surface area contributed by atoms with E-state index in [2.05, 4.69) is 23.3 Å². The molecule has 2 nitrogen and oxygen atoms in total. The number of hydrogen-bond donors (Lipinski definition) is 1. The molecular weight excluding hydrogens is 232 g/mol. The summed E-state index contributed by atoms with van der Waals surface area (Å²) in [4.78, 5) is 4.04. The second-order valence-electron chi connectivity index (χ2n) is 4.92. The molecule has 0 saturated heterocycles. The maximum Gasteiger partial charge on any atom is 0.0621 e. The smallest absolute Gasteiger partial charge is 0.0621 e. The Morgan fingerprint density at radius 2 is 2.35 bits per heavy atom. The van der Waals surface area contributed by atoms with Gasteiger partial charge in [-0.05, 0) is 49.8 Å². The first-order valence-electron chi connectivity index (χ1n) is 6.63. The minimum Gasteiger partial charge on any atom is -0.314 e. The van der Waals surface area contributed by atoms with Crippen LogP contribution in [-0.2, 0) is 6.42 Å². The van der Waals surface area contributed by atoms with Crippen molar-refractivity contribution in [3.8, 4) is 0 Å². The van der Waals surface area contributed by atoms with Gasteiger partial charge in [0.15, 0.2) is 0 Å². The van der Waals surface area contributed by atoms with Crippen molar-refractivity contribution in [2.24, 2.45) is 5.92 Å². The molecule has 0 spiro atoms. The number of nitrogens with zero attached hydrogens (tertiary/aromatic N) is 1. The summed E-state index contributed by atoms with van der Waals surface area (Å²) in [6.45, 7) is 3.35. The molecule has 1 aliphatic rings. The van der Waals surface area contributed by atoms with Gasteiger partial charge in [0.25, 0.3) is 0 Å². The fourth-order valence-electron chi connectivity index (χ4n) is 2.73. The predicted molar refractivity (Wildman–Crippen MR) is 72.4 cm³/mol. The monoisotopic (exact) mass is 252 g/mol. The number of nitrogens with one attached hydrogen (secondary N) is 1. The SMILES string of the molecule is CCCNC1CCCC1Cc1ccncc1Cl. The predicted octanol–water partition coefficient (Wildman–Crippen LogP) is 3.45. The van der Waals surface area contributed by atoms with Crippen molar-refractivity contribution in [1.29, 1.82) is 0 Å². The summed E-state index contributed by atoms with van der Waals surface area (Å²) in [5.41, 5.74) is 1.25. The van der Waals surface area contributed by atoms with Gasteiger partial charge >= 0.3 is 0 Å². The maximum atomic E-state index is 6.17. The molecule has 0 radical (unpaired) electrons. The van der Waals surface area contributed by atoms with Crippen LogP contribution in [-0.4, -0.2) is 17.6 Å². The molecule has 17 heavy (non-hydrogen) atoms. The lowest BCUT2D eigenvalue weighted by atomic mass is 9.95. The summed E-state index contributed by atoms with van der Waals surface area (Å²) in [5, 5.41) is 4.48. The molecular formula is C14H21ClN2. The van der Waals surface area contributed by atoms with Gasteiger partial charge < -0.3 is 5.32 Å². The van der Waals surface area contributed by atoms with Crippen molar-refractivity contribution in [2.45, 2.75) is 45.1 Å². The van der Waals surface area contributed by atoms with Crippen molar-refractivity contribution < 1.29 is 0 Å². The van der Waals surface area contributed by atoms with Crippen molar-refractivity contribution >= 4 is 11.6 Å². The van der Waals surface area contributed by atoms with Gasteiger partial charge in [-0.3, -0.25) is 4.98 Å². The zero-order chi connectivity index (χ0) is 12.1. The molecule has 0 aliphatic heterocycles. The number of pyridine rings is 1. The Morgan fingerprint density at radius 1 is 1.47 bits per heavy atom. The molecule has 0 amide bonds. The summed E-state index contributed by atoms with van der Waals surface area (Å²) < 4.78 is 0. The summed E-state index contributed by atoms with van der Waals surface area (Å²) in [6, 6.07) is 2.73. The second-order valence-corrected chi connectivity index (χ2v) is 5.33. The van der Waals surface area contributed by atoms with Crippen LogP contribution in [0.5, 0.6) is 0 Å². The lowest BCUT2D eigenvalue weighted by Crippen LogP contribution is -2.33. The van der Waals surface area contributed by atoms with Gasteiger partial charge in [-0.25, -0.2) is 0 Å². The van der Waals surface area contributed by atoms with Crippen LogP contribution >= 0.6 is 11.6 Å². The highest BCUT2D eigenvalue weighted by molar-refractivity contribution is 6.31. The quantitative estimate of drug-likeness (QED) is 0.868. The Bertz CT molecular complexity index is 354. The Morgan fingerprint density at radius 3 is 3.12 bits per heavy atom. The first-order valence-corrected chi connectivity index (χ1v) is 7.00. The third-order valence-corrected chi connectivity index (χ3v) is 3.99. The molecule has 2 rings (SSSR count). The molecule has 2 unspecified atom stereocenters. The highest BCUT2D eigenvalue weighted by atomic mass is 35.5. The third-order valence-electron chi connectivity index (χ3n) is 3.65. The van der Waals surface area contributed by atoms with E-state index in [1.165, 1.54) is 31.2 Å². The highest BCUT2D eigenvalue weighted by Gasteiger charge is 2.27. The Kier molecular flexibility index (Phi) is 4.81.